The summed E-state index contributed by atoms with van der Waals surface area (Å²) in [5, 5.41) is 0. The van der Waals surface area contributed by atoms with Gasteiger partial charge in [0, 0.05) is 56.7 Å². The van der Waals surface area contributed by atoms with Crippen LogP contribution < -0.4 is 11.3 Å². The van der Waals surface area contributed by atoms with Crippen LogP contribution in [0.15, 0.2) is 23.1 Å². The van der Waals surface area contributed by atoms with Gasteiger partial charge in [-0.25, -0.2) is 0 Å². The van der Waals surface area contributed by atoms with Crippen molar-refractivity contribution >= 4 is 5.69 Å². The number of anilines is 1. The zero-order chi connectivity index (χ0) is 13.2. The molecule has 0 bridgehead atoms. The Morgan fingerprint density at radius 3 is 3.00 bits per heavy atom. The Labute approximate surface area is 113 Å². The molecule has 2 aliphatic rings. The van der Waals surface area contributed by atoms with E-state index >= 15 is 0 Å². The summed E-state index contributed by atoms with van der Waals surface area (Å²) in [5.74, 6) is 0. The molecule has 3 heterocycles. The Hall–Kier alpha value is -1.33. The Morgan fingerprint density at radius 2 is 2.11 bits per heavy atom. The second kappa shape index (κ2) is 5.35. The molecule has 5 heteroatoms. The first-order valence-corrected chi connectivity index (χ1v) is 7.15. The third-order valence-corrected chi connectivity index (χ3v) is 4.33. The average molecular weight is 262 g/mol. The van der Waals surface area contributed by atoms with Gasteiger partial charge >= 0.3 is 0 Å². The molecule has 1 aromatic rings. The van der Waals surface area contributed by atoms with Gasteiger partial charge in [0.15, 0.2) is 0 Å². The molecule has 0 aromatic carbocycles. The molecule has 104 valence electrons. The summed E-state index contributed by atoms with van der Waals surface area (Å²) in [7, 11) is 0. The summed E-state index contributed by atoms with van der Waals surface area (Å²) in [5.41, 5.74) is 6.42. The lowest BCUT2D eigenvalue weighted by Gasteiger charge is -2.37. The first kappa shape index (κ1) is 12.7. The van der Waals surface area contributed by atoms with E-state index in [1.165, 1.54) is 25.9 Å². The van der Waals surface area contributed by atoms with Crippen LogP contribution in [0.1, 0.15) is 12.8 Å². The Bertz CT molecular complexity index is 498. The van der Waals surface area contributed by atoms with Crippen molar-refractivity contribution in [3.63, 3.8) is 0 Å². The number of nitrogens with two attached hydrogens (primary N) is 1. The molecule has 2 saturated heterocycles. The molecule has 0 spiro atoms. The highest BCUT2D eigenvalue weighted by Crippen LogP contribution is 2.21. The van der Waals surface area contributed by atoms with Crippen LogP contribution in [0, 0.1) is 0 Å². The molecule has 2 aliphatic heterocycles. The summed E-state index contributed by atoms with van der Waals surface area (Å²) in [6, 6.07) is 3.95. The lowest BCUT2D eigenvalue weighted by atomic mass is 10.1. The maximum absolute atomic E-state index is 11.7. The minimum Gasteiger partial charge on any atom is -0.398 e. The molecule has 2 N–H and O–H groups in total. The molecule has 5 nitrogen and oxygen atoms in total. The summed E-state index contributed by atoms with van der Waals surface area (Å²) >= 11 is 0. The fourth-order valence-electron chi connectivity index (χ4n) is 3.23. The van der Waals surface area contributed by atoms with Crippen molar-refractivity contribution in [3.05, 3.63) is 28.7 Å². The van der Waals surface area contributed by atoms with Crippen molar-refractivity contribution in [2.24, 2.45) is 0 Å². The maximum atomic E-state index is 11.7. The summed E-state index contributed by atoms with van der Waals surface area (Å²) in [6.07, 6.45) is 4.41. The molecule has 19 heavy (non-hydrogen) atoms. The third-order valence-electron chi connectivity index (χ3n) is 4.33. The first-order valence-electron chi connectivity index (χ1n) is 7.15. The Balaban J connectivity index is 1.57. The summed E-state index contributed by atoms with van der Waals surface area (Å²) < 4.78 is 1.72. The fourth-order valence-corrected chi connectivity index (χ4v) is 3.23. The van der Waals surface area contributed by atoms with Crippen LogP contribution in [-0.4, -0.2) is 53.1 Å². The maximum Gasteiger partial charge on any atom is 0.250 e. The van der Waals surface area contributed by atoms with Crippen LogP contribution in [0.25, 0.3) is 0 Å². The number of hydrogen-bond acceptors (Lipinski definition) is 4. The molecule has 0 radical (unpaired) electrons. The minimum absolute atomic E-state index is 0.0358. The Morgan fingerprint density at radius 1 is 1.21 bits per heavy atom. The molecule has 1 aromatic heterocycles. The largest absolute Gasteiger partial charge is 0.398 e. The van der Waals surface area contributed by atoms with Crippen LogP contribution in [0.5, 0.6) is 0 Å². The highest BCUT2D eigenvalue weighted by molar-refractivity contribution is 5.33. The third kappa shape index (κ3) is 2.82. The Kier molecular flexibility index (Phi) is 3.57. The number of nitrogen functional groups attached to an aromatic ring is 1. The lowest BCUT2D eigenvalue weighted by Crippen LogP contribution is -2.50. The zero-order valence-corrected chi connectivity index (χ0v) is 11.3. The quantitative estimate of drug-likeness (QED) is 0.846. The number of pyridine rings is 1. The van der Waals surface area contributed by atoms with Crippen molar-refractivity contribution in [3.8, 4) is 0 Å². The SMILES string of the molecule is Nc1ccc(=O)n(CCN2CCN3CCCC3C2)c1. The van der Waals surface area contributed by atoms with E-state index in [9.17, 15) is 4.79 Å². The monoisotopic (exact) mass is 262 g/mol. The van der Waals surface area contributed by atoms with E-state index in [4.69, 9.17) is 5.73 Å². The topological polar surface area (TPSA) is 54.5 Å². The number of rotatable bonds is 3. The molecule has 1 atom stereocenters. The molecule has 3 rings (SSSR count). The van der Waals surface area contributed by atoms with Gasteiger partial charge in [-0.15, -0.1) is 0 Å². The van der Waals surface area contributed by atoms with Crippen molar-refractivity contribution in [1.29, 1.82) is 0 Å². The van der Waals surface area contributed by atoms with Crippen LogP contribution in [0.3, 0.4) is 0 Å². The van der Waals surface area contributed by atoms with E-state index in [0.29, 0.717) is 5.69 Å². The average Bonchev–Trinajstić information content (AvgIpc) is 2.87. The molecule has 2 fully saturated rings. The second-order valence-corrected chi connectivity index (χ2v) is 5.63. The highest BCUT2D eigenvalue weighted by atomic mass is 16.1. The second-order valence-electron chi connectivity index (χ2n) is 5.63. The van der Waals surface area contributed by atoms with E-state index in [1.54, 1.807) is 22.9 Å². The van der Waals surface area contributed by atoms with Crippen LogP contribution >= 0.6 is 0 Å². The van der Waals surface area contributed by atoms with Gasteiger partial charge in [-0.2, -0.15) is 0 Å². The number of nitrogens with zero attached hydrogens (tertiary/aromatic N) is 3. The van der Waals surface area contributed by atoms with Gasteiger partial charge in [-0.3, -0.25) is 14.6 Å². The van der Waals surface area contributed by atoms with Crippen LogP contribution in [0.4, 0.5) is 5.69 Å². The number of aromatic nitrogens is 1. The van der Waals surface area contributed by atoms with Gasteiger partial charge < -0.3 is 10.3 Å². The van der Waals surface area contributed by atoms with Gasteiger partial charge in [0.05, 0.1) is 0 Å². The summed E-state index contributed by atoms with van der Waals surface area (Å²) in [6.45, 7) is 6.39. The number of hydrogen-bond donors (Lipinski definition) is 1. The number of fused-ring (bicyclic) bond motifs is 1. The van der Waals surface area contributed by atoms with Crippen molar-refractivity contribution in [2.75, 3.05) is 38.5 Å². The zero-order valence-electron chi connectivity index (χ0n) is 11.3. The number of piperazine rings is 1. The lowest BCUT2D eigenvalue weighted by molar-refractivity contribution is 0.102. The van der Waals surface area contributed by atoms with Crippen LogP contribution in [-0.2, 0) is 6.54 Å². The van der Waals surface area contributed by atoms with Gasteiger partial charge in [0.2, 0.25) is 0 Å². The van der Waals surface area contributed by atoms with E-state index in [2.05, 4.69) is 9.80 Å². The van der Waals surface area contributed by atoms with E-state index in [1.807, 2.05) is 0 Å². The van der Waals surface area contributed by atoms with E-state index < -0.39 is 0 Å². The molecule has 1 unspecified atom stereocenters. The fraction of sp³-hybridized carbons (Fsp3) is 0.643. The normalized spacial score (nSPS) is 24.5. The molecule has 0 aliphatic carbocycles. The van der Waals surface area contributed by atoms with Crippen molar-refractivity contribution in [2.45, 2.75) is 25.4 Å². The predicted octanol–water partition coefficient (Wildman–Crippen LogP) is 0.211. The van der Waals surface area contributed by atoms with Gasteiger partial charge in [0.25, 0.3) is 5.56 Å². The predicted molar refractivity (Wildman–Crippen MR) is 76.1 cm³/mol. The van der Waals surface area contributed by atoms with E-state index in [-0.39, 0.29) is 5.56 Å². The van der Waals surface area contributed by atoms with E-state index in [0.717, 1.165) is 32.2 Å². The van der Waals surface area contributed by atoms with Gasteiger partial charge in [-0.1, -0.05) is 0 Å². The molecular formula is C14H22N4O. The smallest absolute Gasteiger partial charge is 0.250 e. The van der Waals surface area contributed by atoms with Crippen molar-refractivity contribution in [1.82, 2.24) is 14.4 Å². The van der Waals surface area contributed by atoms with Gasteiger partial charge in [0.1, 0.15) is 0 Å². The molecule has 0 amide bonds. The van der Waals surface area contributed by atoms with Gasteiger partial charge in [-0.05, 0) is 25.5 Å². The summed E-state index contributed by atoms with van der Waals surface area (Å²) in [4.78, 5) is 16.8. The molecular weight excluding hydrogens is 240 g/mol. The minimum atomic E-state index is 0.0358. The van der Waals surface area contributed by atoms with Crippen LogP contribution in [0.2, 0.25) is 0 Å². The molecule has 0 saturated carbocycles. The van der Waals surface area contributed by atoms with Crippen molar-refractivity contribution < 1.29 is 0 Å². The highest BCUT2D eigenvalue weighted by Gasteiger charge is 2.30. The standard InChI is InChI=1S/C14H22N4O/c15-12-3-4-14(19)18(10-12)9-7-16-6-8-17-5-1-2-13(17)11-16/h3-4,10,13H,1-2,5-9,11,15H2. The first-order chi connectivity index (χ1) is 9.22.